The van der Waals surface area contributed by atoms with E-state index in [1.165, 1.54) is 0 Å². The van der Waals surface area contributed by atoms with Crippen molar-refractivity contribution in [3.8, 4) is 35.4 Å². The third kappa shape index (κ3) is 6.53. The zero-order chi connectivity index (χ0) is 29.8. The van der Waals surface area contributed by atoms with Crippen molar-refractivity contribution >= 4 is 39.3 Å². The van der Waals surface area contributed by atoms with Crippen LogP contribution in [0.25, 0.3) is 22.2 Å². The Morgan fingerprint density at radius 3 is 2.61 bits per heavy atom. The molecule has 0 aliphatic carbocycles. The Kier molecular flexibility index (Phi) is 10.3. The molecule has 41 heavy (non-hydrogen) atoms. The van der Waals surface area contributed by atoms with Gasteiger partial charge in [0.15, 0.2) is 0 Å². The molecule has 4 aromatic heterocycles. The van der Waals surface area contributed by atoms with Gasteiger partial charge in [0.1, 0.15) is 11.8 Å². The Balaban J connectivity index is 1.61. The first-order valence-electron chi connectivity index (χ1n) is 13.6. The zero-order valence-corrected chi connectivity index (χ0v) is 27.8. The molecule has 0 bridgehead atoms. The molecule has 0 amide bonds. The highest BCUT2D eigenvalue weighted by Gasteiger charge is 2.25. The van der Waals surface area contributed by atoms with E-state index in [0.717, 1.165) is 39.1 Å². The van der Waals surface area contributed by atoms with Crippen molar-refractivity contribution in [2.45, 2.75) is 66.8 Å². The lowest BCUT2D eigenvalue weighted by atomic mass is 10.1. The van der Waals surface area contributed by atoms with Crippen molar-refractivity contribution in [2.24, 2.45) is 7.05 Å². The molecule has 0 aliphatic rings. The van der Waals surface area contributed by atoms with Crippen LogP contribution in [0.2, 0.25) is 0 Å². The van der Waals surface area contributed by atoms with Gasteiger partial charge in [-0.15, -0.1) is 11.5 Å². The third-order valence-electron chi connectivity index (χ3n) is 6.97. The number of pyridine rings is 1. The van der Waals surface area contributed by atoms with E-state index in [1.807, 2.05) is 49.2 Å². The second kappa shape index (κ2) is 13.5. The number of aryl methyl sites for hydroxylation is 2. The summed E-state index contributed by atoms with van der Waals surface area (Å²) >= 11 is 2.28. The molecule has 0 spiro atoms. The molecule has 2 atom stereocenters. The number of rotatable bonds is 13. The van der Waals surface area contributed by atoms with E-state index in [4.69, 9.17) is 20.9 Å². The van der Waals surface area contributed by atoms with Crippen LogP contribution in [0, 0.1) is 26.2 Å². The van der Waals surface area contributed by atoms with Crippen molar-refractivity contribution in [1.82, 2.24) is 39.0 Å². The van der Waals surface area contributed by atoms with Crippen LogP contribution in [0.1, 0.15) is 50.3 Å². The Bertz CT molecular complexity index is 1550. The van der Waals surface area contributed by atoms with Crippen LogP contribution in [0.4, 0.5) is 0 Å². The highest BCUT2D eigenvalue weighted by atomic mass is 127. The number of terminal acetylenes is 1. The monoisotopic (exact) mass is 692 g/mol. The van der Waals surface area contributed by atoms with Crippen LogP contribution < -0.4 is 9.47 Å². The second-order valence-corrected chi connectivity index (χ2v) is 12.2. The summed E-state index contributed by atoms with van der Waals surface area (Å²) in [6, 6.07) is 2.22. The number of fused-ring (bicyclic) bond motifs is 1. The van der Waals surface area contributed by atoms with E-state index in [2.05, 4.69) is 68.9 Å². The van der Waals surface area contributed by atoms with Gasteiger partial charge >= 0.3 is 0 Å². The van der Waals surface area contributed by atoms with Crippen LogP contribution >= 0.6 is 28.4 Å². The summed E-state index contributed by atoms with van der Waals surface area (Å²) in [6.07, 6.45) is 7.83. The number of aromatic nitrogens is 7. The highest BCUT2D eigenvalue weighted by molar-refractivity contribution is 14.2. The van der Waals surface area contributed by atoms with Crippen LogP contribution in [0.15, 0.2) is 12.3 Å². The van der Waals surface area contributed by atoms with E-state index in [0.29, 0.717) is 50.1 Å². The number of hydrogen-bond donors (Lipinski definition) is 1. The second-order valence-electron chi connectivity index (χ2n) is 10.2. The molecule has 4 rings (SSSR count). The van der Waals surface area contributed by atoms with Gasteiger partial charge in [-0.25, -0.2) is 9.13 Å². The predicted molar refractivity (Wildman–Crippen MR) is 171 cm³/mol. The molecule has 0 fully saturated rings. The molecule has 0 aromatic carbocycles. The van der Waals surface area contributed by atoms with E-state index in [-0.39, 0.29) is 18.8 Å². The first-order valence-corrected chi connectivity index (χ1v) is 17.7. The quantitative estimate of drug-likeness (QED) is 0.124. The van der Waals surface area contributed by atoms with E-state index < -0.39 is 0 Å². The van der Waals surface area contributed by atoms with Gasteiger partial charge in [0.25, 0.3) is 0 Å². The smallest absolute Gasteiger partial charge is 0.236 e. The highest BCUT2D eigenvalue weighted by Crippen LogP contribution is 2.36. The number of ether oxygens (including phenoxy) is 2. The molecule has 11 nitrogen and oxygen atoms in total. The van der Waals surface area contributed by atoms with Crippen molar-refractivity contribution in [3.05, 3.63) is 34.9 Å². The molecule has 0 radical (unpaired) electrons. The Morgan fingerprint density at radius 2 is 1.98 bits per heavy atom. The first-order chi connectivity index (χ1) is 19.6. The van der Waals surface area contributed by atoms with Gasteiger partial charge in [-0.3, -0.25) is 14.6 Å². The molecule has 1 N–H and O–H groups in total. The zero-order valence-electron chi connectivity index (χ0n) is 24.6. The fraction of sp³-hybridized carbons (Fsp3) is 0.500. The molecule has 4 aromatic rings. The van der Waals surface area contributed by atoms with Crippen LogP contribution in [0.5, 0.6) is 11.8 Å². The maximum Gasteiger partial charge on any atom is 0.236 e. The van der Waals surface area contributed by atoms with E-state index in [9.17, 15) is 5.11 Å². The van der Waals surface area contributed by atoms with Gasteiger partial charge in [0.2, 0.25) is 11.8 Å². The summed E-state index contributed by atoms with van der Waals surface area (Å²) in [6.45, 7) is 14.6. The lowest BCUT2D eigenvalue weighted by Gasteiger charge is -2.30. The predicted octanol–water partition coefficient (Wildman–Crippen LogP) is 4.49. The summed E-state index contributed by atoms with van der Waals surface area (Å²) in [5.41, 5.74) is 5.91. The normalized spacial score (nSPS) is 12.7. The van der Waals surface area contributed by atoms with Gasteiger partial charge in [0.05, 0.1) is 60.5 Å². The lowest BCUT2D eigenvalue weighted by molar-refractivity contribution is 0.109. The minimum atomic E-state index is -0.167. The standard InChI is InChI=1S/C28H38IN8O3P/c1-9-22-21-13-23(30-14-24(21)37(32-22)41-29)26-20(7)31-34(8)28(26)40-18(5)15-35(17(3)4)16-25-19(6)27(39-10-2)33-36(25)11-12-38/h1,13-14,17-18,38,41H,10-12,15-16H2,2-8H3/t18-/m1/s1. The fourth-order valence-electron chi connectivity index (χ4n) is 4.91. The summed E-state index contributed by atoms with van der Waals surface area (Å²) < 4.78 is 17.8. The Morgan fingerprint density at radius 1 is 1.22 bits per heavy atom. The number of aliphatic hydroxyl groups excluding tert-OH is 1. The largest absolute Gasteiger partial charge is 0.477 e. The minimum absolute atomic E-state index is 0.00536. The molecule has 220 valence electrons. The van der Waals surface area contributed by atoms with Crippen LogP contribution in [0.3, 0.4) is 0 Å². The molecule has 0 aliphatic heterocycles. The third-order valence-corrected chi connectivity index (χ3v) is 8.84. The van der Waals surface area contributed by atoms with Crippen molar-refractivity contribution in [2.75, 3.05) is 19.8 Å². The topological polar surface area (TPSA) is 108 Å². The number of hydrogen-bond acceptors (Lipinski definition) is 8. The van der Waals surface area contributed by atoms with Gasteiger partial charge in [-0.05, 0) is 75.6 Å². The summed E-state index contributed by atoms with van der Waals surface area (Å²) in [5.74, 6) is 3.96. The molecule has 13 heteroatoms. The number of nitrogens with zero attached hydrogens (tertiary/aromatic N) is 8. The fourth-order valence-corrected chi connectivity index (χ4v) is 6.42. The van der Waals surface area contributed by atoms with Gasteiger partial charge < -0.3 is 14.6 Å². The molecule has 1 unspecified atom stereocenters. The van der Waals surface area contributed by atoms with Crippen LogP contribution in [-0.2, 0) is 20.1 Å². The Labute approximate surface area is 255 Å². The summed E-state index contributed by atoms with van der Waals surface area (Å²) in [4.78, 5) is 7.10. The van der Waals surface area contributed by atoms with Crippen molar-refractivity contribution in [3.63, 3.8) is 0 Å². The average Bonchev–Trinajstić information content (AvgIpc) is 3.54. The van der Waals surface area contributed by atoms with Crippen molar-refractivity contribution < 1.29 is 14.6 Å². The molecular formula is C28H38IN8O3P. The SMILES string of the molecule is C#Cc1nn(PI)c2cnc(-c3c(C)nn(C)c3O[C@H](C)CN(Cc3c(C)c(OCC)nn3CCO)C(C)C)cc12. The van der Waals surface area contributed by atoms with Crippen molar-refractivity contribution in [1.29, 1.82) is 0 Å². The summed E-state index contributed by atoms with van der Waals surface area (Å²) in [7, 11) is 1.88. The van der Waals surface area contributed by atoms with Gasteiger partial charge in [-0.2, -0.15) is 10.2 Å². The maximum absolute atomic E-state index is 9.61. The number of halogens is 1. The van der Waals surface area contributed by atoms with E-state index in [1.54, 1.807) is 4.68 Å². The van der Waals surface area contributed by atoms with Crippen LogP contribution in [-0.4, -0.2) is 76.0 Å². The molecule has 0 saturated heterocycles. The molecule has 4 heterocycles. The number of aliphatic hydroxyl groups is 1. The van der Waals surface area contributed by atoms with Gasteiger partial charge in [0, 0.05) is 37.1 Å². The minimum Gasteiger partial charge on any atom is -0.477 e. The van der Waals surface area contributed by atoms with Gasteiger partial charge in [-0.1, -0.05) is 0 Å². The maximum atomic E-state index is 9.61. The lowest BCUT2D eigenvalue weighted by Crippen LogP contribution is -2.39. The first kappa shape index (κ1) is 31.2. The van der Waals surface area contributed by atoms with E-state index >= 15 is 0 Å². The molecule has 0 saturated carbocycles. The Hall–Kier alpha value is -2.72. The average molecular weight is 693 g/mol. The molecular weight excluding hydrogens is 654 g/mol. The summed E-state index contributed by atoms with van der Waals surface area (Å²) in [5, 5.41) is 24.3.